The first-order chi connectivity index (χ1) is 13.1. The zero-order chi connectivity index (χ0) is 18.7. The molecule has 26 heavy (non-hydrogen) atoms. The van der Waals surface area contributed by atoms with Crippen LogP contribution in [0.25, 0.3) is 22.4 Å². The van der Waals surface area contributed by atoms with Gasteiger partial charge in [-0.3, -0.25) is 4.98 Å². The molecule has 1 nitrogen and oxygen atoms in total. The molecule has 3 aromatic carbocycles. The third kappa shape index (κ3) is 3.43. The predicted octanol–water partition coefficient (Wildman–Crippen LogP) is 6.57. The summed E-state index contributed by atoms with van der Waals surface area (Å²) in [6, 6.07) is 32.7. The van der Waals surface area contributed by atoms with Crippen molar-refractivity contribution in [3.8, 4) is 22.4 Å². The molecule has 0 saturated carbocycles. The highest BCUT2D eigenvalue weighted by Crippen LogP contribution is 2.27. The van der Waals surface area contributed by atoms with Gasteiger partial charge in [-0.2, -0.15) is 0 Å². The Balaban J connectivity index is 1.65. The van der Waals surface area contributed by atoms with Gasteiger partial charge < -0.3 is 0 Å². The highest BCUT2D eigenvalue weighted by molar-refractivity contribution is 5.71. The number of benzene rings is 3. The summed E-state index contributed by atoms with van der Waals surface area (Å²) in [5.41, 5.74) is 6.21. The SMILES string of the molecule is [2H]C(C)(c1ccccc1)c1ccc(-c2cccc(-c3ccccc3)c2)nc1. The van der Waals surface area contributed by atoms with Crippen molar-refractivity contribution in [2.75, 3.05) is 0 Å². The molecule has 0 N–H and O–H groups in total. The molecule has 1 aromatic heterocycles. The van der Waals surface area contributed by atoms with Crippen LogP contribution in [0.1, 0.15) is 25.3 Å². The number of pyridine rings is 1. The van der Waals surface area contributed by atoms with E-state index in [0.717, 1.165) is 22.4 Å². The van der Waals surface area contributed by atoms with E-state index >= 15 is 0 Å². The van der Waals surface area contributed by atoms with Gasteiger partial charge in [-0.05, 0) is 34.4 Å². The maximum atomic E-state index is 8.79. The average molecular weight is 336 g/mol. The van der Waals surface area contributed by atoms with Crippen molar-refractivity contribution in [1.29, 1.82) is 0 Å². The van der Waals surface area contributed by atoms with Gasteiger partial charge in [0, 0.05) is 19.0 Å². The first-order valence-electron chi connectivity index (χ1n) is 9.32. The Morgan fingerprint density at radius 2 is 1.31 bits per heavy atom. The summed E-state index contributed by atoms with van der Waals surface area (Å²) in [6.45, 7) is 1.91. The van der Waals surface area contributed by atoms with Gasteiger partial charge in [-0.15, -0.1) is 0 Å². The molecule has 1 unspecified atom stereocenters. The Hall–Kier alpha value is -3.19. The van der Waals surface area contributed by atoms with Crippen LogP contribution in [-0.2, 0) is 0 Å². The number of nitrogens with zero attached hydrogens (tertiary/aromatic N) is 1. The Labute approximate surface area is 156 Å². The van der Waals surface area contributed by atoms with Crippen molar-refractivity contribution in [3.63, 3.8) is 0 Å². The van der Waals surface area contributed by atoms with Crippen LogP contribution in [0.3, 0.4) is 0 Å². The van der Waals surface area contributed by atoms with Crippen LogP contribution < -0.4 is 0 Å². The summed E-state index contributed by atoms with van der Waals surface area (Å²) in [5.74, 6) is -0.821. The molecule has 0 amide bonds. The molecule has 4 rings (SSSR count). The molecule has 126 valence electrons. The summed E-state index contributed by atoms with van der Waals surface area (Å²) >= 11 is 0. The van der Waals surface area contributed by atoms with Gasteiger partial charge in [-0.25, -0.2) is 0 Å². The minimum Gasteiger partial charge on any atom is -0.256 e. The molecule has 4 aromatic rings. The van der Waals surface area contributed by atoms with Crippen LogP contribution in [0.4, 0.5) is 0 Å². The number of aromatic nitrogens is 1. The van der Waals surface area contributed by atoms with Crippen LogP contribution in [-0.4, -0.2) is 4.98 Å². The van der Waals surface area contributed by atoms with E-state index in [-0.39, 0.29) is 0 Å². The fraction of sp³-hybridized carbons (Fsp3) is 0.0800. The Morgan fingerprint density at radius 3 is 2.00 bits per heavy atom. The average Bonchev–Trinajstić information content (AvgIpc) is 2.75. The van der Waals surface area contributed by atoms with Gasteiger partial charge in [0.1, 0.15) is 0 Å². The lowest BCUT2D eigenvalue weighted by Crippen LogP contribution is -1.97. The summed E-state index contributed by atoms with van der Waals surface area (Å²) < 4.78 is 8.79. The lowest BCUT2D eigenvalue weighted by molar-refractivity contribution is 0.912. The van der Waals surface area contributed by atoms with Crippen molar-refractivity contribution in [1.82, 2.24) is 4.98 Å². The molecule has 1 heteroatoms. The van der Waals surface area contributed by atoms with Gasteiger partial charge in [0.15, 0.2) is 0 Å². The maximum absolute atomic E-state index is 8.79. The van der Waals surface area contributed by atoms with Crippen molar-refractivity contribution in [2.24, 2.45) is 0 Å². The van der Waals surface area contributed by atoms with Crippen LogP contribution >= 0.6 is 0 Å². The van der Waals surface area contributed by atoms with Crippen molar-refractivity contribution in [3.05, 3.63) is 114 Å². The lowest BCUT2D eigenvalue weighted by Gasteiger charge is -2.13. The molecular weight excluding hydrogens is 314 g/mol. The van der Waals surface area contributed by atoms with Crippen LogP contribution in [0, 0.1) is 0 Å². The molecule has 1 heterocycles. The molecule has 0 saturated heterocycles. The highest BCUT2D eigenvalue weighted by Gasteiger charge is 2.09. The molecule has 1 atom stereocenters. The van der Waals surface area contributed by atoms with Crippen molar-refractivity contribution < 1.29 is 1.37 Å². The minimum absolute atomic E-state index is 0.821. The predicted molar refractivity (Wildman–Crippen MR) is 109 cm³/mol. The Bertz CT molecular complexity index is 1020. The van der Waals surface area contributed by atoms with Gasteiger partial charge in [0.25, 0.3) is 0 Å². The van der Waals surface area contributed by atoms with E-state index in [4.69, 9.17) is 1.37 Å². The molecule has 0 radical (unpaired) electrons. The number of hydrogen-bond donors (Lipinski definition) is 0. The van der Waals surface area contributed by atoms with Crippen molar-refractivity contribution >= 4 is 0 Å². The monoisotopic (exact) mass is 336 g/mol. The largest absolute Gasteiger partial charge is 0.256 e. The van der Waals surface area contributed by atoms with Crippen molar-refractivity contribution in [2.45, 2.75) is 12.8 Å². The number of rotatable bonds is 4. The van der Waals surface area contributed by atoms with Gasteiger partial charge >= 0.3 is 0 Å². The highest BCUT2D eigenvalue weighted by atomic mass is 14.7. The summed E-state index contributed by atoms with van der Waals surface area (Å²) in [5, 5.41) is 0. The van der Waals surface area contributed by atoms with Gasteiger partial charge in [0.2, 0.25) is 0 Å². The molecule has 0 aliphatic heterocycles. The Kier molecular flexibility index (Phi) is 4.28. The van der Waals surface area contributed by atoms with E-state index in [9.17, 15) is 0 Å². The lowest BCUT2D eigenvalue weighted by atomic mass is 9.94. The minimum atomic E-state index is -0.821. The van der Waals surface area contributed by atoms with Gasteiger partial charge in [0.05, 0.1) is 5.69 Å². The first kappa shape index (κ1) is 15.1. The van der Waals surface area contributed by atoms with E-state index in [1.165, 1.54) is 11.1 Å². The molecular formula is C25H21N. The van der Waals surface area contributed by atoms with E-state index in [0.29, 0.717) is 0 Å². The summed E-state index contributed by atoms with van der Waals surface area (Å²) in [7, 11) is 0. The first-order valence-corrected chi connectivity index (χ1v) is 8.82. The van der Waals surface area contributed by atoms with E-state index in [1.54, 1.807) is 0 Å². The summed E-state index contributed by atoms with van der Waals surface area (Å²) in [4.78, 5) is 4.66. The fourth-order valence-electron chi connectivity index (χ4n) is 3.13. The molecule has 0 aliphatic carbocycles. The zero-order valence-electron chi connectivity index (χ0n) is 15.8. The van der Waals surface area contributed by atoms with Gasteiger partial charge in [-0.1, -0.05) is 91.9 Å². The van der Waals surface area contributed by atoms with Crippen LogP contribution in [0.5, 0.6) is 0 Å². The van der Waals surface area contributed by atoms with E-state index in [2.05, 4.69) is 41.4 Å². The quantitative estimate of drug-likeness (QED) is 0.411. The number of hydrogen-bond acceptors (Lipinski definition) is 1. The van der Waals surface area contributed by atoms with Crippen LogP contribution in [0.2, 0.25) is 0 Å². The normalized spacial score (nSPS) is 13.7. The third-order valence-electron chi connectivity index (χ3n) is 4.67. The third-order valence-corrected chi connectivity index (χ3v) is 4.67. The molecule has 0 aliphatic rings. The Morgan fingerprint density at radius 1 is 0.654 bits per heavy atom. The standard InChI is InChI=1S/C25H21N/c1-19(20-9-4-2-5-10-20)24-15-16-25(26-18-24)23-14-8-13-22(17-23)21-11-6-3-7-12-21/h2-19H,1H3/i19D. The zero-order valence-corrected chi connectivity index (χ0v) is 14.8. The van der Waals surface area contributed by atoms with E-state index < -0.39 is 5.89 Å². The second kappa shape index (κ2) is 7.37. The van der Waals surface area contributed by atoms with Crippen LogP contribution in [0.15, 0.2) is 103 Å². The smallest absolute Gasteiger partial charge is 0.0702 e. The topological polar surface area (TPSA) is 12.9 Å². The maximum Gasteiger partial charge on any atom is 0.0702 e. The second-order valence-corrected chi connectivity index (χ2v) is 6.37. The fourth-order valence-corrected chi connectivity index (χ4v) is 3.13. The summed E-state index contributed by atoms with van der Waals surface area (Å²) in [6.07, 6.45) is 1.82. The van der Waals surface area contributed by atoms with E-state index in [1.807, 2.05) is 73.8 Å². The molecule has 0 bridgehead atoms. The molecule has 0 fully saturated rings. The molecule has 0 spiro atoms. The second-order valence-electron chi connectivity index (χ2n) is 6.37.